The molecule has 1 amide bonds. The molecule has 0 saturated carbocycles. The van der Waals surface area contributed by atoms with Gasteiger partial charge in [-0.25, -0.2) is 14.8 Å². The fourth-order valence-electron chi connectivity index (χ4n) is 8.15. The predicted octanol–water partition coefficient (Wildman–Crippen LogP) is 7.84. The van der Waals surface area contributed by atoms with Gasteiger partial charge in [-0.05, 0) is 47.6 Å². The minimum absolute atomic E-state index is 0.0903. The molecule has 1 spiro atoms. The number of oxazole rings is 2. The van der Waals surface area contributed by atoms with Gasteiger partial charge in [0.2, 0.25) is 17.7 Å². The maximum Gasteiger partial charge on any atom is 0.360 e. The number of aryl methyl sites for hydroxylation is 1. The Morgan fingerprint density at radius 1 is 0.946 bits per heavy atom. The number of hydrogen-bond acceptors (Lipinski definition) is 11. The highest BCUT2D eigenvalue weighted by atomic mass is 16.5. The molecule has 0 saturated heterocycles. The van der Waals surface area contributed by atoms with E-state index in [4.69, 9.17) is 33.0 Å². The van der Waals surface area contributed by atoms with Crippen molar-refractivity contribution < 1.29 is 37.4 Å². The number of methoxy groups -OCH3 is 1. The van der Waals surface area contributed by atoms with E-state index in [-0.39, 0.29) is 54.4 Å². The Bertz CT molecular complexity index is 2260. The first-order chi connectivity index (χ1) is 27.2. The van der Waals surface area contributed by atoms with E-state index in [0.717, 1.165) is 53.6 Å². The lowest BCUT2D eigenvalue weighted by molar-refractivity contribution is -0.148. The maximum absolute atomic E-state index is 14.3. The molecule has 5 aromatic rings. The van der Waals surface area contributed by atoms with Crippen molar-refractivity contribution in [3.05, 3.63) is 118 Å². The van der Waals surface area contributed by atoms with Crippen LogP contribution in [-0.2, 0) is 43.9 Å². The number of fused-ring (bicyclic) bond motifs is 4. The molecular formula is C44H46N4O8. The molecule has 4 atom stereocenters. The minimum atomic E-state index is -1.08. The molecule has 12 nitrogen and oxygen atoms in total. The molecule has 1 unspecified atom stereocenters. The zero-order chi connectivity index (χ0) is 39.0. The summed E-state index contributed by atoms with van der Waals surface area (Å²) in [5.41, 5.74) is 3.53. The Labute approximate surface area is 325 Å². The monoisotopic (exact) mass is 758 g/mol. The van der Waals surface area contributed by atoms with Crippen molar-refractivity contribution >= 4 is 23.5 Å². The van der Waals surface area contributed by atoms with Gasteiger partial charge in [0.15, 0.2) is 23.4 Å². The van der Waals surface area contributed by atoms with Gasteiger partial charge in [-0.2, -0.15) is 0 Å². The number of para-hydroxylation sites is 1. The Morgan fingerprint density at radius 2 is 1.75 bits per heavy atom. The minimum Gasteiger partial charge on any atom is -0.469 e. The summed E-state index contributed by atoms with van der Waals surface area (Å²) in [6.07, 6.45) is 3.87. The van der Waals surface area contributed by atoms with Gasteiger partial charge in [0.1, 0.15) is 29.6 Å². The Balaban J connectivity index is 1.28. The highest BCUT2D eigenvalue weighted by Crippen LogP contribution is 2.59. The number of amides is 1. The van der Waals surface area contributed by atoms with Crippen LogP contribution in [0.15, 0.2) is 81.6 Å². The van der Waals surface area contributed by atoms with Crippen LogP contribution in [0, 0.1) is 11.8 Å². The third-order valence-corrected chi connectivity index (χ3v) is 11.0. The van der Waals surface area contributed by atoms with Crippen LogP contribution < -0.4 is 15.4 Å². The summed E-state index contributed by atoms with van der Waals surface area (Å²) in [5, 5.41) is 6.75. The van der Waals surface area contributed by atoms with Crippen molar-refractivity contribution in [2.24, 2.45) is 11.8 Å². The van der Waals surface area contributed by atoms with Crippen LogP contribution >= 0.6 is 0 Å². The molecule has 5 heterocycles. The summed E-state index contributed by atoms with van der Waals surface area (Å²) >= 11 is 0. The van der Waals surface area contributed by atoms with E-state index in [1.165, 1.54) is 7.11 Å². The number of ether oxygens (including phenoxy) is 3. The summed E-state index contributed by atoms with van der Waals surface area (Å²) in [4.78, 5) is 50.6. The van der Waals surface area contributed by atoms with E-state index in [0.29, 0.717) is 23.7 Å². The summed E-state index contributed by atoms with van der Waals surface area (Å²) in [6.45, 7) is 6.17. The van der Waals surface area contributed by atoms with Gasteiger partial charge in [0.25, 0.3) is 0 Å². The third-order valence-electron chi connectivity index (χ3n) is 11.0. The van der Waals surface area contributed by atoms with Gasteiger partial charge >= 0.3 is 11.9 Å². The van der Waals surface area contributed by atoms with E-state index >= 15 is 0 Å². The highest BCUT2D eigenvalue weighted by molar-refractivity contribution is 5.89. The molecule has 3 aromatic carbocycles. The van der Waals surface area contributed by atoms with Gasteiger partial charge in [-0.15, -0.1) is 0 Å². The number of hydrogen-bond donors (Lipinski definition) is 2. The fourth-order valence-corrected chi connectivity index (χ4v) is 8.15. The maximum atomic E-state index is 14.3. The molecule has 8 rings (SSSR count). The number of carbonyl (C=O) groups excluding carboxylic acids is 3. The summed E-state index contributed by atoms with van der Waals surface area (Å²) in [5.74, 6) is -0.592. The summed E-state index contributed by atoms with van der Waals surface area (Å²) in [6, 6.07) is 22.5. The molecule has 0 fully saturated rings. The molecule has 56 heavy (non-hydrogen) atoms. The standard InChI is InChI=1S/C44H46N4O8/c1-5-6-7-11-18-33-36(42(51)52-4)47-41(54-33)37-38-44-29-16-12-13-17-31(29)45-43(44)55-32-20-19-27(22-30(32)44)21-28(23-34(49)53-24-26-14-9-8-10-15-26)39(50)46-35(25(2)3)40(48-37)56-38/h8-10,12-17,19-20,22,25,28,35,43,45H,5-7,11,18,21,23-24H2,1-4H3,(H,46,50)/t28-,35+,43+,44?/m1/s1. The zero-order valence-electron chi connectivity index (χ0n) is 32.1. The van der Waals surface area contributed by atoms with Crippen LogP contribution in [0.4, 0.5) is 5.69 Å². The molecule has 2 aromatic heterocycles. The van der Waals surface area contributed by atoms with Crippen LogP contribution in [0.2, 0.25) is 0 Å². The van der Waals surface area contributed by atoms with E-state index < -0.39 is 35.5 Å². The second-order valence-corrected chi connectivity index (χ2v) is 15.1. The highest BCUT2D eigenvalue weighted by Gasteiger charge is 2.61. The lowest BCUT2D eigenvalue weighted by Crippen LogP contribution is -2.40. The van der Waals surface area contributed by atoms with Gasteiger partial charge in [0.05, 0.1) is 19.4 Å². The van der Waals surface area contributed by atoms with Crippen LogP contribution in [-0.4, -0.2) is 41.2 Å². The first-order valence-electron chi connectivity index (χ1n) is 19.5. The summed E-state index contributed by atoms with van der Waals surface area (Å²) < 4.78 is 30.9. The molecule has 0 radical (unpaired) electrons. The lowest BCUT2D eigenvalue weighted by atomic mass is 9.72. The van der Waals surface area contributed by atoms with Crippen molar-refractivity contribution in [2.45, 2.75) is 90.0 Å². The van der Waals surface area contributed by atoms with E-state index in [1.807, 2.05) is 86.6 Å². The third kappa shape index (κ3) is 6.60. The van der Waals surface area contributed by atoms with E-state index in [2.05, 4.69) is 17.6 Å². The van der Waals surface area contributed by atoms with Gasteiger partial charge in [-0.1, -0.05) is 101 Å². The quantitative estimate of drug-likeness (QED) is 0.0945. The van der Waals surface area contributed by atoms with E-state index in [9.17, 15) is 14.4 Å². The molecule has 2 N–H and O–H groups in total. The van der Waals surface area contributed by atoms with Gasteiger partial charge in [0, 0.05) is 17.7 Å². The molecule has 4 bridgehead atoms. The SMILES string of the molecule is CCCCCCc1oc(-c2nc3oc2C24c5ccccc5N[C@H]2Oc2ccc(cc24)C[C@H](CC(=O)OCc2ccccc2)C(=O)N[C@H]3C(C)C)nc1C(=O)OC. The van der Waals surface area contributed by atoms with Crippen molar-refractivity contribution in [2.75, 3.05) is 12.4 Å². The van der Waals surface area contributed by atoms with Crippen molar-refractivity contribution in [3.63, 3.8) is 0 Å². The number of aromatic nitrogens is 2. The van der Waals surface area contributed by atoms with Crippen LogP contribution in [0.3, 0.4) is 0 Å². The number of nitrogens with one attached hydrogen (secondary N) is 2. The smallest absolute Gasteiger partial charge is 0.360 e. The van der Waals surface area contributed by atoms with Crippen molar-refractivity contribution in [1.82, 2.24) is 15.3 Å². The normalized spacial score (nSPS) is 20.5. The Morgan fingerprint density at radius 3 is 2.54 bits per heavy atom. The van der Waals surface area contributed by atoms with Crippen molar-refractivity contribution in [1.29, 1.82) is 0 Å². The van der Waals surface area contributed by atoms with Gasteiger partial charge < -0.3 is 33.7 Å². The van der Waals surface area contributed by atoms with Gasteiger partial charge in [-0.3, -0.25) is 9.59 Å². The number of esters is 2. The molecule has 12 heteroatoms. The van der Waals surface area contributed by atoms with E-state index in [1.54, 1.807) is 0 Å². The van der Waals surface area contributed by atoms with Crippen LogP contribution in [0.25, 0.3) is 11.6 Å². The summed E-state index contributed by atoms with van der Waals surface area (Å²) in [7, 11) is 1.32. The van der Waals surface area contributed by atoms with Crippen LogP contribution in [0.5, 0.6) is 5.75 Å². The number of anilines is 1. The predicted molar refractivity (Wildman–Crippen MR) is 206 cm³/mol. The van der Waals surface area contributed by atoms with Crippen molar-refractivity contribution in [3.8, 4) is 17.3 Å². The average Bonchev–Trinajstić information content (AvgIpc) is 3.97. The largest absolute Gasteiger partial charge is 0.469 e. The number of unbranched alkanes of at least 4 members (excludes halogenated alkanes) is 3. The molecule has 0 aliphatic carbocycles. The molecule has 3 aliphatic heterocycles. The number of benzene rings is 3. The number of nitrogens with zero attached hydrogens (tertiary/aromatic N) is 2. The molecule has 290 valence electrons. The fraction of sp³-hybridized carbons (Fsp3) is 0.386. The second kappa shape index (κ2) is 15.3. The zero-order valence-corrected chi connectivity index (χ0v) is 32.1. The average molecular weight is 759 g/mol. The Hall–Kier alpha value is -5.91. The topological polar surface area (TPSA) is 155 Å². The molecular weight excluding hydrogens is 713 g/mol. The lowest BCUT2D eigenvalue weighted by Gasteiger charge is -2.28. The van der Waals surface area contributed by atoms with Crippen LogP contribution in [0.1, 0.15) is 109 Å². The Kier molecular flexibility index (Phi) is 10.1. The molecule has 3 aliphatic rings. The second-order valence-electron chi connectivity index (χ2n) is 15.1. The number of rotatable bonds is 12. The first-order valence-corrected chi connectivity index (χ1v) is 19.5. The number of carbonyl (C=O) groups is 3. The first kappa shape index (κ1) is 37.0.